The third-order valence-corrected chi connectivity index (χ3v) is 3.68. The fourth-order valence-corrected chi connectivity index (χ4v) is 2.57. The Labute approximate surface area is 150 Å². The second-order valence-electron chi connectivity index (χ2n) is 7.54. The highest BCUT2D eigenvalue weighted by Gasteiger charge is 2.21. The molecule has 1 unspecified atom stereocenters. The Morgan fingerprint density at radius 2 is 1.76 bits per heavy atom. The zero-order valence-electron chi connectivity index (χ0n) is 15.8. The van der Waals surface area contributed by atoms with Crippen molar-refractivity contribution in [3.8, 4) is 0 Å². The van der Waals surface area contributed by atoms with Gasteiger partial charge < -0.3 is 15.7 Å². The molecule has 2 amide bonds. The van der Waals surface area contributed by atoms with Crippen LogP contribution in [-0.4, -0.2) is 29.6 Å². The van der Waals surface area contributed by atoms with Crippen LogP contribution in [0.2, 0.25) is 0 Å². The Balaban J connectivity index is 2.54. The maximum Gasteiger partial charge on any atom is 0.251 e. The molecule has 1 aromatic carbocycles. The zero-order chi connectivity index (χ0) is 19.0. The molecule has 25 heavy (non-hydrogen) atoms. The van der Waals surface area contributed by atoms with Gasteiger partial charge in [-0.3, -0.25) is 9.59 Å². The average Bonchev–Trinajstić information content (AvgIpc) is 2.49. The van der Waals surface area contributed by atoms with Crippen molar-refractivity contribution in [3.05, 3.63) is 47.0 Å². The van der Waals surface area contributed by atoms with E-state index in [2.05, 4.69) is 10.6 Å². The second kappa shape index (κ2) is 9.37. The lowest BCUT2D eigenvalue weighted by atomic mass is 9.87. The largest absolute Gasteiger partial charge is 0.393 e. The number of carbonyl (C=O) groups is 2. The lowest BCUT2D eigenvalue weighted by Gasteiger charge is -2.26. The number of aliphatic hydroxyl groups is 1. The van der Waals surface area contributed by atoms with Crippen LogP contribution in [0.25, 0.3) is 0 Å². The molecule has 0 radical (unpaired) electrons. The summed E-state index contributed by atoms with van der Waals surface area (Å²) in [6.45, 7) is 10.4. The van der Waals surface area contributed by atoms with Crippen molar-refractivity contribution in [1.29, 1.82) is 0 Å². The number of hydrogen-bond acceptors (Lipinski definition) is 3. The number of benzene rings is 1. The predicted molar refractivity (Wildman–Crippen MR) is 100 cm³/mol. The van der Waals surface area contributed by atoms with Gasteiger partial charge in [0.2, 0.25) is 5.91 Å². The monoisotopic (exact) mass is 346 g/mol. The number of hydrogen-bond donors (Lipinski definition) is 3. The smallest absolute Gasteiger partial charge is 0.251 e. The van der Waals surface area contributed by atoms with Crippen LogP contribution < -0.4 is 10.6 Å². The van der Waals surface area contributed by atoms with Gasteiger partial charge in [-0.15, -0.1) is 0 Å². The summed E-state index contributed by atoms with van der Waals surface area (Å²) in [5.41, 5.74) is 2.29. The first-order valence-corrected chi connectivity index (χ1v) is 8.57. The molecule has 0 heterocycles. The topological polar surface area (TPSA) is 78.4 Å². The number of allylic oxidation sites excluding steroid dienone is 1. The number of aliphatic hydroxyl groups excluding tert-OH is 1. The highest BCUT2D eigenvalue weighted by atomic mass is 16.3. The van der Waals surface area contributed by atoms with Gasteiger partial charge in [0.25, 0.3) is 5.91 Å². The summed E-state index contributed by atoms with van der Waals surface area (Å²) in [6.07, 6.45) is 1.78. The molecule has 5 heteroatoms. The standard InChI is InChI=1S/C20H30N2O3/c1-14(2)10-18(24)21-12-16-6-8-17(9-7-16)19(25)22-13-20(4,5)11-15(3)23/h6-10,15,23H,11-13H2,1-5H3,(H,21,24)(H,22,25). The van der Waals surface area contributed by atoms with Gasteiger partial charge in [-0.2, -0.15) is 0 Å². The molecule has 138 valence electrons. The van der Waals surface area contributed by atoms with Gasteiger partial charge in [-0.1, -0.05) is 31.6 Å². The van der Waals surface area contributed by atoms with Gasteiger partial charge in [-0.25, -0.2) is 0 Å². The van der Waals surface area contributed by atoms with Crippen molar-refractivity contribution in [2.45, 2.75) is 53.7 Å². The van der Waals surface area contributed by atoms with Crippen molar-refractivity contribution in [1.82, 2.24) is 10.6 Å². The summed E-state index contributed by atoms with van der Waals surface area (Å²) in [7, 11) is 0. The van der Waals surface area contributed by atoms with E-state index in [0.717, 1.165) is 11.1 Å². The van der Waals surface area contributed by atoms with Crippen LogP contribution in [0.15, 0.2) is 35.9 Å². The molecule has 3 N–H and O–H groups in total. The SMILES string of the molecule is CC(C)=CC(=O)NCc1ccc(C(=O)NCC(C)(C)CC(C)O)cc1. The fraction of sp³-hybridized carbons (Fsp3) is 0.500. The van der Waals surface area contributed by atoms with E-state index in [1.807, 2.05) is 39.8 Å². The van der Waals surface area contributed by atoms with E-state index in [0.29, 0.717) is 25.1 Å². The van der Waals surface area contributed by atoms with E-state index >= 15 is 0 Å². The van der Waals surface area contributed by atoms with Crippen LogP contribution in [-0.2, 0) is 11.3 Å². The zero-order valence-corrected chi connectivity index (χ0v) is 15.8. The second-order valence-corrected chi connectivity index (χ2v) is 7.54. The van der Waals surface area contributed by atoms with Gasteiger partial charge in [0.1, 0.15) is 0 Å². The summed E-state index contributed by atoms with van der Waals surface area (Å²) >= 11 is 0. The maximum absolute atomic E-state index is 12.2. The highest BCUT2D eigenvalue weighted by molar-refractivity contribution is 5.94. The van der Waals surface area contributed by atoms with E-state index in [9.17, 15) is 14.7 Å². The predicted octanol–water partition coefficient (Wildman–Crippen LogP) is 2.80. The molecule has 0 bridgehead atoms. The average molecular weight is 346 g/mol. The van der Waals surface area contributed by atoms with Gasteiger partial charge in [0.15, 0.2) is 0 Å². The van der Waals surface area contributed by atoms with Gasteiger partial charge in [0, 0.05) is 24.7 Å². The Bertz CT molecular complexity index is 612. The van der Waals surface area contributed by atoms with Crippen molar-refractivity contribution in [3.63, 3.8) is 0 Å². The summed E-state index contributed by atoms with van der Waals surface area (Å²) < 4.78 is 0. The molecule has 0 saturated carbocycles. The molecule has 0 spiro atoms. The molecule has 1 rings (SSSR count). The Hall–Kier alpha value is -2.14. The molecule has 0 fully saturated rings. The normalized spacial score (nSPS) is 12.2. The summed E-state index contributed by atoms with van der Waals surface area (Å²) in [4.78, 5) is 23.8. The molecule has 1 aromatic rings. The van der Waals surface area contributed by atoms with E-state index in [-0.39, 0.29) is 17.2 Å². The van der Waals surface area contributed by atoms with E-state index in [1.54, 1.807) is 25.1 Å². The Morgan fingerprint density at radius 1 is 1.16 bits per heavy atom. The maximum atomic E-state index is 12.2. The number of rotatable bonds is 8. The third-order valence-electron chi connectivity index (χ3n) is 3.68. The minimum atomic E-state index is -0.396. The molecular weight excluding hydrogens is 316 g/mol. The minimum Gasteiger partial charge on any atom is -0.393 e. The summed E-state index contributed by atoms with van der Waals surface area (Å²) in [5, 5.41) is 15.2. The lowest BCUT2D eigenvalue weighted by molar-refractivity contribution is -0.116. The number of carbonyl (C=O) groups excluding carboxylic acids is 2. The van der Waals surface area contributed by atoms with Crippen LogP contribution in [0.4, 0.5) is 0 Å². The van der Waals surface area contributed by atoms with Crippen LogP contribution in [0.3, 0.4) is 0 Å². The van der Waals surface area contributed by atoms with Gasteiger partial charge in [0.05, 0.1) is 6.10 Å². The minimum absolute atomic E-state index is 0.123. The van der Waals surface area contributed by atoms with Gasteiger partial charge >= 0.3 is 0 Å². The van der Waals surface area contributed by atoms with Gasteiger partial charge in [-0.05, 0) is 50.3 Å². The first kappa shape index (κ1) is 20.9. The molecule has 0 saturated heterocycles. The van der Waals surface area contributed by atoms with Crippen LogP contribution in [0, 0.1) is 5.41 Å². The molecule has 5 nitrogen and oxygen atoms in total. The Morgan fingerprint density at radius 3 is 2.28 bits per heavy atom. The first-order chi connectivity index (χ1) is 11.6. The molecule has 0 aliphatic heterocycles. The number of amides is 2. The fourth-order valence-electron chi connectivity index (χ4n) is 2.57. The summed E-state index contributed by atoms with van der Waals surface area (Å²) in [6, 6.07) is 7.16. The van der Waals surface area contributed by atoms with E-state index < -0.39 is 6.10 Å². The van der Waals surface area contributed by atoms with Crippen molar-refractivity contribution in [2.24, 2.45) is 5.41 Å². The van der Waals surface area contributed by atoms with E-state index in [4.69, 9.17) is 0 Å². The van der Waals surface area contributed by atoms with Crippen molar-refractivity contribution >= 4 is 11.8 Å². The molecule has 0 aliphatic rings. The van der Waals surface area contributed by atoms with E-state index in [1.165, 1.54) is 0 Å². The molecule has 0 aliphatic carbocycles. The summed E-state index contributed by atoms with van der Waals surface area (Å²) in [5.74, 6) is -0.263. The first-order valence-electron chi connectivity index (χ1n) is 8.57. The molecule has 0 aromatic heterocycles. The third kappa shape index (κ3) is 8.49. The molecule has 1 atom stereocenters. The molecular formula is C20H30N2O3. The van der Waals surface area contributed by atoms with Crippen molar-refractivity contribution in [2.75, 3.05) is 6.54 Å². The quantitative estimate of drug-likeness (QED) is 0.633. The van der Waals surface area contributed by atoms with Crippen LogP contribution >= 0.6 is 0 Å². The highest BCUT2D eigenvalue weighted by Crippen LogP contribution is 2.21. The Kier molecular flexibility index (Phi) is 7.84. The lowest BCUT2D eigenvalue weighted by Crippen LogP contribution is -2.35. The van der Waals surface area contributed by atoms with Crippen LogP contribution in [0.5, 0.6) is 0 Å². The van der Waals surface area contributed by atoms with Crippen LogP contribution in [0.1, 0.15) is 57.0 Å². The van der Waals surface area contributed by atoms with Crippen molar-refractivity contribution < 1.29 is 14.7 Å². The number of nitrogens with one attached hydrogen (secondary N) is 2.